The average molecular weight is 443 g/mol. The van der Waals surface area contributed by atoms with Crippen LogP contribution in [0, 0.1) is 11.3 Å². The molecule has 0 unspecified atom stereocenters. The van der Waals surface area contributed by atoms with E-state index in [0.29, 0.717) is 11.3 Å². The Morgan fingerprint density at radius 2 is 2.06 bits per heavy atom. The van der Waals surface area contributed by atoms with Gasteiger partial charge in [-0.1, -0.05) is 23.9 Å². The first kappa shape index (κ1) is 22.2. The SMILES string of the molecule is CCOC(=O)C1=C2S[C@@H](CC(=O)OC)C(=O)N2C(N)=C(C#N)[C@@H]1c1cccc(OC)c1. The first-order valence-electron chi connectivity index (χ1n) is 9.40. The number of carbonyl (C=O) groups excluding carboxylic acids is 3. The van der Waals surface area contributed by atoms with Crippen LogP contribution in [0.2, 0.25) is 0 Å². The predicted octanol–water partition coefficient (Wildman–Crippen LogP) is 1.77. The van der Waals surface area contributed by atoms with Gasteiger partial charge in [-0.15, -0.1) is 0 Å². The third kappa shape index (κ3) is 3.96. The fourth-order valence-corrected chi connectivity index (χ4v) is 4.80. The fraction of sp³-hybridized carbons (Fsp3) is 0.333. The molecular weight excluding hydrogens is 422 g/mol. The van der Waals surface area contributed by atoms with Crippen molar-refractivity contribution in [1.29, 1.82) is 5.26 Å². The van der Waals surface area contributed by atoms with E-state index in [-0.39, 0.29) is 35.0 Å². The van der Waals surface area contributed by atoms with E-state index in [2.05, 4.69) is 4.74 Å². The lowest BCUT2D eigenvalue weighted by molar-refractivity contribution is -0.142. The Kier molecular flexibility index (Phi) is 6.56. The largest absolute Gasteiger partial charge is 0.497 e. The molecule has 1 amide bonds. The van der Waals surface area contributed by atoms with Gasteiger partial charge in [0.25, 0.3) is 0 Å². The summed E-state index contributed by atoms with van der Waals surface area (Å²) in [5.74, 6) is -2.15. The Hall–Kier alpha value is -3.45. The molecule has 0 bridgehead atoms. The fourth-order valence-electron chi connectivity index (χ4n) is 3.48. The molecule has 2 heterocycles. The molecule has 9 nitrogen and oxygen atoms in total. The van der Waals surface area contributed by atoms with Crippen LogP contribution in [0.4, 0.5) is 0 Å². The number of hydrogen-bond acceptors (Lipinski definition) is 9. The van der Waals surface area contributed by atoms with E-state index in [1.165, 1.54) is 14.2 Å². The van der Waals surface area contributed by atoms with E-state index >= 15 is 0 Å². The number of methoxy groups -OCH3 is 2. The average Bonchev–Trinajstić information content (AvgIpc) is 3.09. The minimum atomic E-state index is -0.859. The topological polar surface area (TPSA) is 132 Å². The maximum Gasteiger partial charge on any atom is 0.337 e. The van der Waals surface area contributed by atoms with Crippen molar-refractivity contribution in [2.45, 2.75) is 24.5 Å². The number of allylic oxidation sites excluding steroid dienone is 1. The van der Waals surface area contributed by atoms with Crippen LogP contribution in [-0.2, 0) is 23.9 Å². The Morgan fingerprint density at radius 1 is 1.32 bits per heavy atom. The Bertz CT molecular complexity index is 1040. The number of esters is 2. The number of thioether (sulfide) groups is 1. The van der Waals surface area contributed by atoms with Gasteiger partial charge in [0, 0.05) is 0 Å². The third-order valence-electron chi connectivity index (χ3n) is 4.90. The van der Waals surface area contributed by atoms with Crippen LogP contribution in [-0.4, -0.2) is 48.8 Å². The lowest BCUT2D eigenvalue weighted by atomic mass is 9.83. The number of fused-ring (bicyclic) bond motifs is 1. The molecule has 1 saturated heterocycles. The molecule has 0 saturated carbocycles. The molecule has 162 valence electrons. The number of hydrogen-bond donors (Lipinski definition) is 1. The summed E-state index contributed by atoms with van der Waals surface area (Å²) >= 11 is 1.03. The molecule has 1 aromatic carbocycles. The van der Waals surface area contributed by atoms with E-state index < -0.39 is 29.0 Å². The quantitative estimate of drug-likeness (QED) is 0.653. The van der Waals surface area contributed by atoms with Crippen LogP contribution in [0.3, 0.4) is 0 Å². The Balaban J connectivity index is 2.21. The number of rotatable bonds is 6. The molecule has 2 atom stereocenters. The van der Waals surface area contributed by atoms with E-state index in [1.807, 2.05) is 6.07 Å². The van der Waals surface area contributed by atoms with Crippen molar-refractivity contribution in [1.82, 2.24) is 4.90 Å². The van der Waals surface area contributed by atoms with Gasteiger partial charge in [0.15, 0.2) is 0 Å². The molecule has 0 spiro atoms. The third-order valence-corrected chi connectivity index (χ3v) is 6.18. The maximum absolute atomic E-state index is 13.0. The minimum Gasteiger partial charge on any atom is -0.497 e. The zero-order valence-corrected chi connectivity index (χ0v) is 18.0. The highest BCUT2D eigenvalue weighted by Crippen LogP contribution is 2.50. The van der Waals surface area contributed by atoms with Gasteiger partial charge in [-0.2, -0.15) is 5.26 Å². The first-order chi connectivity index (χ1) is 14.9. The maximum atomic E-state index is 13.0. The highest BCUT2D eigenvalue weighted by atomic mass is 32.2. The minimum absolute atomic E-state index is 0.0349. The van der Waals surface area contributed by atoms with Gasteiger partial charge in [-0.3, -0.25) is 14.5 Å². The van der Waals surface area contributed by atoms with Crippen molar-refractivity contribution in [2.75, 3.05) is 20.8 Å². The van der Waals surface area contributed by atoms with Crippen LogP contribution in [0.15, 0.2) is 46.3 Å². The van der Waals surface area contributed by atoms with Crippen LogP contribution in [0.5, 0.6) is 5.75 Å². The molecule has 2 N–H and O–H groups in total. The lowest BCUT2D eigenvalue weighted by Gasteiger charge is -2.31. The highest BCUT2D eigenvalue weighted by molar-refractivity contribution is 8.04. The second kappa shape index (κ2) is 9.14. The highest BCUT2D eigenvalue weighted by Gasteiger charge is 2.49. The smallest absolute Gasteiger partial charge is 0.337 e. The molecule has 0 aromatic heterocycles. The number of nitriles is 1. The summed E-state index contributed by atoms with van der Waals surface area (Å²) in [4.78, 5) is 38.9. The van der Waals surface area contributed by atoms with Gasteiger partial charge in [0.05, 0.1) is 55.4 Å². The molecule has 1 aromatic rings. The van der Waals surface area contributed by atoms with Crippen molar-refractivity contribution in [3.8, 4) is 11.8 Å². The summed E-state index contributed by atoms with van der Waals surface area (Å²) in [6, 6.07) is 8.93. The second-order valence-electron chi connectivity index (χ2n) is 6.62. The molecule has 1 fully saturated rings. The number of ether oxygens (including phenoxy) is 3. The number of nitrogens with zero attached hydrogens (tertiary/aromatic N) is 2. The van der Waals surface area contributed by atoms with Gasteiger partial charge in [-0.25, -0.2) is 4.79 Å². The number of benzene rings is 1. The summed E-state index contributed by atoms with van der Waals surface area (Å²) in [5, 5.41) is 9.31. The van der Waals surface area contributed by atoms with Crippen molar-refractivity contribution >= 4 is 29.6 Å². The number of nitrogens with two attached hydrogens (primary N) is 1. The first-order valence-corrected chi connectivity index (χ1v) is 10.3. The molecule has 3 rings (SSSR count). The summed E-state index contributed by atoms with van der Waals surface area (Å²) < 4.78 is 15.2. The van der Waals surface area contributed by atoms with E-state index in [0.717, 1.165) is 16.7 Å². The van der Waals surface area contributed by atoms with Crippen molar-refractivity contribution in [3.05, 3.63) is 51.8 Å². The molecule has 10 heteroatoms. The summed E-state index contributed by atoms with van der Waals surface area (Å²) in [7, 11) is 2.73. The second-order valence-corrected chi connectivity index (χ2v) is 7.81. The van der Waals surface area contributed by atoms with Crippen molar-refractivity contribution in [2.24, 2.45) is 5.73 Å². The van der Waals surface area contributed by atoms with E-state index in [1.54, 1.807) is 31.2 Å². The zero-order chi connectivity index (χ0) is 22.7. The number of amides is 1. The standard InChI is InChI=1S/C21H21N3O6S/c1-4-30-21(27)17-16(11-6-5-7-12(8-11)28-2)13(10-22)18(23)24-19(26)14(31-20(17)24)9-15(25)29-3/h5-8,14,16H,4,9,23H2,1-3H3/t14-,16-/m0/s1. The predicted molar refractivity (Wildman–Crippen MR) is 111 cm³/mol. The monoisotopic (exact) mass is 443 g/mol. The van der Waals surface area contributed by atoms with Crippen LogP contribution in [0.1, 0.15) is 24.8 Å². The molecular formula is C21H21N3O6S. The molecule has 31 heavy (non-hydrogen) atoms. The Morgan fingerprint density at radius 3 is 2.68 bits per heavy atom. The van der Waals surface area contributed by atoms with E-state index in [9.17, 15) is 19.6 Å². The Labute approximate surface area is 183 Å². The summed E-state index contributed by atoms with van der Waals surface area (Å²) in [5.41, 5.74) is 6.97. The van der Waals surface area contributed by atoms with Gasteiger partial charge >= 0.3 is 11.9 Å². The lowest BCUT2D eigenvalue weighted by Crippen LogP contribution is -2.38. The molecule has 2 aliphatic rings. The van der Waals surface area contributed by atoms with Crippen molar-refractivity contribution < 1.29 is 28.6 Å². The van der Waals surface area contributed by atoms with Crippen molar-refractivity contribution in [3.63, 3.8) is 0 Å². The van der Waals surface area contributed by atoms with Crippen LogP contribution in [0.25, 0.3) is 0 Å². The normalized spacial score (nSPS) is 20.3. The van der Waals surface area contributed by atoms with Gasteiger partial charge in [-0.05, 0) is 24.6 Å². The summed E-state index contributed by atoms with van der Waals surface area (Å²) in [6.07, 6.45) is -0.199. The molecule has 2 aliphatic heterocycles. The number of carbonyl (C=O) groups is 3. The van der Waals surface area contributed by atoms with E-state index in [4.69, 9.17) is 15.2 Å². The van der Waals surface area contributed by atoms with Crippen LogP contribution < -0.4 is 10.5 Å². The van der Waals surface area contributed by atoms with Gasteiger partial charge < -0.3 is 19.9 Å². The zero-order valence-electron chi connectivity index (χ0n) is 17.2. The molecule has 0 radical (unpaired) electrons. The van der Waals surface area contributed by atoms with Gasteiger partial charge in [0.2, 0.25) is 5.91 Å². The van der Waals surface area contributed by atoms with Gasteiger partial charge in [0.1, 0.15) is 16.8 Å². The molecule has 0 aliphatic carbocycles. The van der Waals surface area contributed by atoms with Crippen LogP contribution >= 0.6 is 11.8 Å². The summed E-state index contributed by atoms with van der Waals surface area (Å²) in [6.45, 7) is 1.76.